The number of carbonyl (C=O) groups excluding carboxylic acids is 3. The Morgan fingerprint density at radius 1 is 1.19 bits per heavy atom. The van der Waals surface area contributed by atoms with E-state index >= 15 is 0 Å². The maximum Gasteiger partial charge on any atom is 0.321 e. The highest BCUT2D eigenvalue weighted by molar-refractivity contribution is 6.08. The van der Waals surface area contributed by atoms with Gasteiger partial charge in [0.05, 0.1) is 33.9 Å². The lowest BCUT2D eigenvalue weighted by Gasteiger charge is -2.46. The number of hydrogen-bond acceptors (Lipinski definition) is 7. The quantitative estimate of drug-likeness (QED) is 0.498. The van der Waals surface area contributed by atoms with Crippen LogP contribution in [0.1, 0.15) is 31.2 Å². The van der Waals surface area contributed by atoms with Crippen LogP contribution < -0.4 is 4.74 Å². The highest BCUT2D eigenvalue weighted by Gasteiger charge is 2.62. The predicted molar refractivity (Wildman–Crippen MR) is 111 cm³/mol. The minimum atomic E-state index is -1.46. The number of morpholine rings is 1. The van der Waals surface area contributed by atoms with E-state index in [1.807, 2.05) is 24.3 Å². The summed E-state index contributed by atoms with van der Waals surface area (Å²) in [5, 5.41) is 0. The number of fused-ring (bicyclic) bond motifs is 2. The molecule has 3 aliphatic rings. The van der Waals surface area contributed by atoms with Crippen molar-refractivity contribution >= 4 is 17.7 Å². The topological polar surface area (TPSA) is 85.4 Å². The second kappa shape index (κ2) is 8.96. The molecular formula is C23H30N2O6. The van der Waals surface area contributed by atoms with Gasteiger partial charge in [0.15, 0.2) is 11.2 Å². The molecule has 0 aromatic heterocycles. The van der Waals surface area contributed by atoms with Crippen LogP contribution in [-0.2, 0) is 30.4 Å². The fraction of sp³-hybridized carbons (Fsp3) is 0.609. The monoisotopic (exact) mass is 430 g/mol. The Bertz CT molecular complexity index is 852. The lowest BCUT2D eigenvalue weighted by Crippen LogP contribution is -2.61. The molecule has 3 saturated heterocycles. The smallest absolute Gasteiger partial charge is 0.321 e. The average molecular weight is 431 g/mol. The van der Waals surface area contributed by atoms with Gasteiger partial charge < -0.3 is 19.1 Å². The number of rotatable bonds is 6. The van der Waals surface area contributed by atoms with Gasteiger partial charge in [0, 0.05) is 38.1 Å². The number of Topliss-reactive ketones (excluding diaryl/α,β-unsaturated/α-hetero) is 1. The van der Waals surface area contributed by atoms with Gasteiger partial charge in [-0.1, -0.05) is 12.1 Å². The van der Waals surface area contributed by atoms with Crippen molar-refractivity contribution < 1.29 is 28.6 Å². The summed E-state index contributed by atoms with van der Waals surface area (Å²) in [4.78, 5) is 43.5. The minimum absolute atomic E-state index is 0.0694. The molecule has 31 heavy (non-hydrogen) atoms. The number of benzene rings is 1. The molecule has 3 fully saturated rings. The second-order valence-electron chi connectivity index (χ2n) is 8.53. The maximum atomic E-state index is 13.4. The van der Waals surface area contributed by atoms with Gasteiger partial charge in [-0.15, -0.1) is 0 Å². The summed E-state index contributed by atoms with van der Waals surface area (Å²) in [6, 6.07) is 7.51. The molecule has 8 heteroatoms. The molecule has 0 saturated carbocycles. The van der Waals surface area contributed by atoms with E-state index in [9.17, 15) is 14.4 Å². The zero-order valence-electron chi connectivity index (χ0n) is 18.2. The van der Waals surface area contributed by atoms with Crippen molar-refractivity contribution in [2.45, 2.75) is 44.3 Å². The molecule has 1 amide bonds. The first-order valence-electron chi connectivity index (χ1n) is 10.9. The van der Waals surface area contributed by atoms with Gasteiger partial charge in [0.1, 0.15) is 5.75 Å². The molecule has 1 aromatic carbocycles. The lowest BCUT2D eigenvalue weighted by molar-refractivity contribution is -0.171. The summed E-state index contributed by atoms with van der Waals surface area (Å²) in [5.74, 6) is -0.191. The largest absolute Gasteiger partial charge is 0.497 e. The third-order valence-corrected chi connectivity index (χ3v) is 6.97. The van der Waals surface area contributed by atoms with Crippen molar-refractivity contribution in [1.29, 1.82) is 0 Å². The molecular weight excluding hydrogens is 400 g/mol. The van der Waals surface area contributed by atoms with Crippen molar-refractivity contribution in [2.75, 3.05) is 40.5 Å². The first kappa shape index (κ1) is 21.8. The van der Waals surface area contributed by atoms with E-state index in [-0.39, 0.29) is 36.6 Å². The van der Waals surface area contributed by atoms with Gasteiger partial charge in [0.25, 0.3) is 0 Å². The molecule has 1 aromatic rings. The molecule has 3 unspecified atom stereocenters. The fourth-order valence-corrected chi connectivity index (χ4v) is 5.37. The predicted octanol–water partition coefficient (Wildman–Crippen LogP) is 1.41. The number of ether oxygens (including phenoxy) is 3. The van der Waals surface area contributed by atoms with Crippen molar-refractivity contribution in [3.8, 4) is 5.75 Å². The van der Waals surface area contributed by atoms with Crippen molar-refractivity contribution in [1.82, 2.24) is 9.80 Å². The average Bonchev–Trinajstić information content (AvgIpc) is 3.12. The fourth-order valence-electron chi connectivity index (χ4n) is 5.37. The van der Waals surface area contributed by atoms with E-state index in [0.29, 0.717) is 39.3 Å². The van der Waals surface area contributed by atoms with E-state index in [0.717, 1.165) is 17.7 Å². The normalized spacial score (nSPS) is 28.5. The molecule has 168 valence electrons. The summed E-state index contributed by atoms with van der Waals surface area (Å²) >= 11 is 0. The first-order valence-corrected chi connectivity index (χ1v) is 10.9. The summed E-state index contributed by atoms with van der Waals surface area (Å²) in [6.07, 6.45) is 1.62. The third kappa shape index (κ3) is 3.94. The molecule has 3 atom stereocenters. The maximum absolute atomic E-state index is 13.4. The van der Waals surface area contributed by atoms with Gasteiger partial charge >= 0.3 is 5.97 Å². The number of esters is 1. The molecule has 0 radical (unpaired) electrons. The van der Waals surface area contributed by atoms with Crippen molar-refractivity contribution in [3.05, 3.63) is 29.8 Å². The van der Waals surface area contributed by atoms with E-state index in [2.05, 4.69) is 4.90 Å². The molecule has 0 spiro atoms. The zero-order valence-corrected chi connectivity index (χ0v) is 18.2. The van der Waals surface area contributed by atoms with E-state index in [1.54, 1.807) is 12.0 Å². The Kier molecular flexibility index (Phi) is 6.29. The summed E-state index contributed by atoms with van der Waals surface area (Å²) < 4.78 is 15.8. The van der Waals surface area contributed by atoms with Crippen molar-refractivity contribution in [3.63, 3.8) is 0 Å². The standard InChI is InChI=1S/C23H30N2O6/c1-29-18-5-3-4-16(12-18)15-25-17-6-7-19(25)23(20(26)13-17,22(28)30-2)14-21(27)24-8-10-31-11-9-24/h3-5,12,17,19H,6-11,13-15H2,1-2H3. The van der Waals surface area contributed by atoms with E-state index < -0.39 is 11.4 Å². The van der Waals surface area contributed by atoms with E-state index in [4.69, 9.17) is 14.2 Å². The Morgan fingerprint density at radius 3 is 2.68 bits per heavy atom. The summed E-state index contributed by atoms with van der Waals surface area (Å²) in [6.45, 7) is 2.48. The van der Waals surface area contributed by atoms with Gasteiger partial charge in [0.2, 0.25) is 5.91 Å². The molecule has 0 N–H and O–H groups in total. The van der Waals surface area contributed by atoms with Crippen LogP contribution in [-0.4, -0.2) is 80.1 Å². The highest BCUT2D eigenvalue weighted by atomic mass is 16.5. The van der Waals surface area contributed by atoms with Crippen LogP contribution in [0.25, 0.3) is 0 Å². The van der Waals surface area contributed by atoms with Crippen LogP contribution in [0.2, 0.25) is 0 Å². The number of carbonyl (C=O) groups is 3. The Hall–Kier alpha value is -2.45. The Labute approximate surface area is 182 Å². The number of piperidine rings is 1. The minimum Gasteiger partial charge on any atom is -0.497 e. The highest BCUT2D eigenvalue weighted by Crippen LogP contribution is 2.48. The number of amides is 1. The molecule has 0 aliphatic carbocycles. The molecule has 4 rings (SSSR count). The SMILES string of the molecule is COC(=O)C1(CC(=O)N2CCOCC2)C(=O)CC2CCC1N2Cc1cccc(OC)c1. The third-order valence-electron chi connectivity index (χ3n) is 6.97. The zero-order chi connectivity index (χ0) is 22.0. The number of ketones is 1. The van der Waals surface area contributed by atoms with Crippen LogP contribution in [0.3, 0.4) is 0 Å². The Morgan fingerprint density at radius 2 is 1.97 bits per heavy atom. The molecule has 8 nitrogen and oxygen atoms in total. The van der Waals surface area contributed by atoms with Crippen LogP contribution in [0.15, 0.2) is 24.3 Å². The Balaban J connectivity index is 1.64. The molecule has 3 heterocycles. The van der Waals surface area contributed by atoms with Crippen LogP contribution in [0, 0.1) is 5.41 Å². The number of methoxy groups -OCH3 is 2. The molecule has 2 bridgehead atoms. The molecule has 3 aliphatic heterocycles. The number of hydrogen-bond donors (Lipinski definition) is 0. The van der Waals surface area contributed by atoms with Crippen LogP contribution in [0.5, 0.6) is 5.75 Å². The summed E-state index contributed by atoms with van der Waals surface area (Å²) in [7, 11) is 2.92. The summed E-state index contributed by atoms with van der Waals surface area (Å²) in [5.41, 5.74) is -0.417. The van der Waals surface area contributed by atoms with Gasteiger partial charge in [-0.25, -0.2) is 0 Å². The second-order valence-corrected chi connectivity index (χ2v) is 8.53. The van der Waals surface area contributed by atoms with Crippen LogP contribution in [0.4, 0.5) is 0 Å². The lowest BCUT2D eigenvalue weighted by atomic mass is 9.69. The number of nitrogens with zero attached hydrogens (tertiary/aromatic N) is 2. The van der Waals surface area contributed by atoms with Crippen LogP contribution >= 0.6 is 0 Å². The van der Waals surface area contributed by atoms with Gasteiger partial charge in [-0.05, 0) is 30.5 Å². The van der Waals surface area contributed by atoms with E-state index in [1.165, 1.54) is 7.11 Å². The van der Waals surface area contributed by atoms with Crippen molar-refractivity contribution in [2.24, 2.45) is 5.41 Å². The first-order chi connectivity index (χ1) is 15.0. The van der Waals surface area contributed by atoms with Gasteiger partial charge in [-0.2, -0.15) is 0 Å². The van der Waals surface area contributed by atoms with Gasteiger partial charge in [-0.3, -0.25) is 19.3 Å².